The number of ketones is 1. The summed E-state index contributed by atoms with van der Waals surface area (Å²) in [6.45, 7) is 8.70. The van der Waals surface area contributed by atoms with Crippen molar-refractivity contribution >= 4 is 22.3 Å². The van der Waals surface area contributed by atoms with Crippen LogP contribution in [0.4, 0.5) is 5.13 Å². The predicted octanol–water partition coefficient (Wildman–Crippen LogP) is 3.92. The SMILES string of the molecule is CCC(CC)CN(CC)c1nc2c(s1)CCCC2=O. The van der Waals surface area contributed by atoms with Crippen molar-refractivity contribution in [2.24, 2.45) is 5.92 Å². The minimum Gasteiger partial charge on any atom is -0.348 e. The van der Waals surface area contributed by atoms with Crippen LogP contribution >= 0.6 is 11.3 Å². The van der Waals surface area contributed by atoms with Crippen LogP contribution in [0.1, 0.15) is 61.8 Å². The van der Waals surface area contributed by atoms with E-state index in [9.17, 15) is 4.79 Å². The van der Waals surface area contributed by atoms with Crippen molar-refractivity contribution in [3.63, 3.8) is 0 Å². The molecule has 1 aliphatic rings. The Kier molecular flexibility index (Phi) is 4.97. The Balaban J connectivity index is 2.17. The third-order valence-corrected chi connectivity index (χ3v) is 5.22. The number of carbonyl (C=O) groups excluding carboxylic acids is 1. The van der Waals surface area contributed by atoms with E-state index in [1.54, 1.807) is 11.3 Å². The summed E-state index contributed by atoms with van der Waals surface area (Å²) in [5.41, 5.74) is 0.759. The van der Waals surface area contributed by atoms with Crippen molar-refractivity contribution in [3.8, 4) is 0 Å². The summed E-state index contributed by atoms with van der Waals surface area (Å²) < 4.78 is 0. The molecule has 0 N–H and O–H groups in total. The first-order valence-electron chi connectivity index (χ1n) is 7.47. The van der Waals surface area contributed by atoms with Crippen LogP contribution in [-0.4, -0.2) is 23.9 Å². The molecular weight excluding hydrogens is 256 g/mol. The Hall–Kier alpha value is -0.900. The van der Waals surface area contributed by atoms with Crippen LogP contribution in [-0.2, 0) is 6.42 Å². The highest BCUT2D eigenvalue weighted by atomic mass is 32.1. The standard InChI is InChI=1S/C15H24N2OS/c1-4-11(5-2)10-17(6-3)15-16-14-12(18)8-7-9-13(14)19-15/h11H,4-10H2,1-3H3. The van der Waals surface area contributed by atoms with Crippen molar-refractivity contribution < 1.29 is 4.79 Å². The van der Waals surface area contributed by atoms with Crippen LogP contribution in [0.2, 0.25) is 0 Å². The first-order valence-corrected chi connectivity index (χ1v) is 8.29. The quantitative estimate of drug-likeness (QED) is 0.791. The van der Waals surface area contributed by atoms with Gasteiger partial charge in [0.1, 0.15) is 5.69 Å². The minimum absolute atomic E-state index is 0.238. The van der Waals surface area contributed by atoms with E-state index in [-0.39, 0.29) is 5.78 Å². The molecule has 0 radical (unpaired) electrons. The smallest absolute Gasteiger partial charge is 0.186 e. The normalized spacial score (nSPS) is 14.8. The van der Waals surface area contributed by atoms with E-state index in [4.69, 9.17) is 0 Å². The number of thiazole rings is 1. The van der Waals surface area contributed by atoms with E-state index < -0.39 is 0 Å². The number of aryl methyl sites for hydroxylation is 1. The summed E-state index contributed by atoms with van der Waals surface area (Å²) >= 11 is 1.73. The van der Waals surface area contributed by atoms with Crippen LogP contribution in [0.15, 0.2) is 0 Å². The first-order chi connectivity index (χ1) is 9.19. The molecule has 1 heterocycles. The van der Waals surface area contributed by atoms with Crippen LogP contribution in [0, 0.1) is 5.92 Å². The highest BCUT2D eigenvalue weighted by Crippen LogP contribution is 2.32. The minimum atomic E-state index is 0.238. The van der Waals surface area contributed by atoms with Crippen LogP contribution in [0.3, 0.4) is 0 Å². The van der Waals surface area contributed by atoms with Gasteiger partial charge in [-0.25, -0.2) is 4.98 Å². The molecule has 0 fully saturated rings. The van der Waals surface area contributed by atoms with Crippen LogP contribution in [0.25, 0.3) is 0 Å². The zero-order valence-corrected chi connectivity index (χ0v) is 13.1. The Morgan fingerprint density at radius 2 is 2.00 bits per heavy atom. The van der Waals surface area contributed by atoms with Gasteiger partial charge in [-0.05, 0) is 25.7 Å². The van der Waals surface area contributed by atoms with Gasteiger partial charge in [0.2, 0.25) is 0 Å². The van der Waals surface area contributed by atoms with Gasteiger partial charge in [-0.1, -0.05) is 26.7 Å². The molecule has 0 unspecified atom stereocenters. The zero-order valence-electron chi connectivity index (χ0n) is 12.2. The molecule has 2 rings (SSSR count). The lowest BCUT2D eigenvalue weighted by Crippen LogP contribution is -2.28. The highest BCUT2D eigenvalue weighted by molar-refractivity contribution is 7.16. The molecule has 0 bridgehead atoms. The second kappa shape index (κ2) is 6.51. The van der Waals surface area contributed by atoms with Gasteiger partial charge in [-0.15, -0.1) is 11.3 Å². The predicted molar refractivity (Wildman–Crippen MR) is 81.3 cm³/mol. The molecule has 0 aromatic carbocycles. The number of anilines is 1. The third-order valence-electron chi connectivity index (χ3n) is 4.04. The molecule has 0 spiro atoms. The Labute approximate surface area is 120 Å². The maximum absolute atomic E-state index is 11.9. The molecular formula is C15H24N2OS. The summed E-state index contributed by atoms with van der Waals surface area (Å²) in [7, 11) is 0. The number of aromatic nitrogens is 1. The van der Waals surface area contributed by atoms with E-state index in [2.05, 4.69) is 30.7 Å². The molecule has 1 aromatic rings. The maximum Gasteiger partial charge on any atom is 0.186 e. The molecule has 106 valence electrons. The Morgan fingerprint density at radius 3 is 2.58 bits per heavy atom. The van der Waals surface area contributed by atoms with Gasteiger partial charge in [-0.2, -0.15) is 0 Å². The number of Topliss-reactive ketones (excluding diaryl/α,β-unsaturated/α-hetero) is 1. The first kappa shape index (κ1) is 14.5. The fourth-order valence-corrected chi connectivity index (χ4v) is 3.78. The molecule has 4 heteroatoms. The van der Waals surface area contributed by atoms with Gasteiger partial charge in [0.25, 0.3) is 0 Å². The van der Waals surface area contributed by atoms with E-state index in [0.29, 0.717) is 6.42 Å². The van der Waals surface area contributed by atoms with Crippen molar-refractivity contribution in [2.75, 3.05) is 18.0 Å². The maximum atomic E-state index is 11.9. The number of hydrogen-bond acceptors (Lipinski definition) is 4. The topological polar surface area (TPSA) is 33.2 Å². The Bertz CT molecular complexity index is 437. The van der Waals surface area contributed by atoms with Crippen molar-refractivity contribution in [3.05, 3.63) is 10.6 Å². The molecule has 1 aromatic heterocycles. The summed E-state index contributed by atoms with van der Waals surface area (Å²) in [5, 5.41) is 1.05. The van der Waals surface area contributed by atoms with Gasteiger partial charge >= 0.3 is 0 Å². The van der Waals surface area contributed by atoms with Crippen molar-refractivity contribution in [1.29, 1.82) is 0 Å². The summed E-state index contributed by atoms with van der Waals surface area (Å²) in [4.78, 5) is 20.0. The molecule has 0 saturated heterocycles. The average Bonchev–Trinajstić information content (AvgIpc) is 2.85. The van der Waals surface area contributed by atoms with Crippen molar-refractivity contribution in [1.82, 2.24) is 4.98 Å². The Morgan fingerprint density at radius 1 is 1.26 bits per heavy atom. The van der Waals surface area contributed by atoms with Crippen LogP contribution < -0.4 is 4.90 Å². The van der Waals surface area contributed by atoms with Gasteiger partial charge in [0, 0.05) is 24.4 Å². The largest absolute Gasteiger partial charge is 0.348 e. The summed E-state index contributed by atoms with van der Waals surface area (Å²) in [6, 6.07) is 0. The van der Waals surface area contributed by atoms with E-state index in [1.807, 2.05) is 0 Å². The second-order valence-electron chi connectivity index (χ2n) is 5.27. The molecule has 0 amide bonds. The number of carbonyl (C=O) groups is 1. The highest BCUT2D eigenvalue weighted by Gasteiger charge is 2.24. The number of fused-ring (bicyclic) bond motifs is 1. The fraction of sp³-hybridized carbons (Fsp3) is 0.733. The zero-order chi connectivity index (χ0) is 13.8. The molecule has 3 nitrogen and oxygen atoms in total. The number of nitrogens with zero attached hydrogens (tertiary/aromatic N) is 2. The molecule has 0 atom stereocenters. The second-order valence-corrected chi connectivity index (χ2v) is 6.33. The fourth-order valence-electron chi connectivity index (χ4n) is 2.59. The van der Waals surface area contributed by atoms with Crippen LogP contribution in [0.5, 0.6) is 0 Å². The van der Waals surface area contributed by atoms with E-state index in [0.717, 1.165) is 42.7 Å². The molecule has 0 saturated carbocycles. The van der Waals surface area contributed by atoms with E-state index >= 15 is 0 Å². The third kappa shape index (κ3) is 3.16. The van der Waals surface area contributed by atoms with Crippen molar-refractivity contribution in [2.45, 2.75) is 52.9 Å². The van der Waals surface area contributed by atoms with Gasteiger partial charge < -0.3 is 4.90 Å². The van der Waals surface area contributed by atoms with E-state index in [1.165, 1.54) is 17.7 Å². The summed E-state index contributed by atoms with van der Waals surface area (Å²) in [5.74, 6) is 0.957. The van der Waals surface area contributed by atoms with Gasteiger partial charge in [-0.3, -0.25) is 4.79 Å². The lowest BCUT2D eigenvalue weighted by molar-refractivity contribution is 0.0968. The number of hydrogen-bond donors (Lipinski definition) is 0. The van der Waals surface area contributed by atoms with Gasteiger partial charge in [0.15, 0.2) is 10.9 Å². The molecule has 1 aliphatic carbocycles. The average molecular weight is 280 g/mol. The molecule has 19 heavy (non-hydrogen) atoms. The number of rotatable bonds is 6. The van der Waals surface area contributed by atoms with Gasteiger partial charge in [0.05, 0.1) is 0 Å². The summed E-state index contributed by atoms with van der Waals surface area (Å²) in [6.07, 6.45) is 5.11. The molecule has 0 aliphatic heterocycles. The monoisotopic (exact) mass is 280 g/mol. The lowest BCUT2D eigenvalue weighted by Gasteiger charge is -2.24. The lowest BCUT2D eigenvalue weighted by atomic mass is 10.0.